The maximum atomic E-state index is 12.1. The van der Waals surface area contributed by atoms with Gasteiger partial charge in [0.2, 0.25) is 5.75 Å². The number of hydrogen-bond acceptors (Lipinski definition) is 6. The molecule has 1 aliphatic rings. The van der Waals surface area contributed by atoms with Crippen LogP contribution < -0.4 is 4.74 Å². The number of hydrogen-bond donors (Lipinski definition) is 0. The number of carbonyl (C=O) groups is 1. The van der Waals surface area contributed by atoms with Crippen molar-refractivity contribution in [2.24, 2.45) is 0 Å². The van der Waals surface area contributed by atoms with E-state index in [0.717, 1.165) is 16.5 Å². The van der Waals surface area contributed by atoms with Crippen molar-refractivity contribution in [3.8, 4) is 5.75 Å². The molecule has 1 fully saturated rings. The SMILES string of the molecule is O=C(Cc1ccc(Br)cc1)Oc1ccc(C2OCCCO2)cc1[N+](=O)[O-]. The zero-order valence-corrected chi connectivity index (χ0v) is 15.3. The summed E-state index contributed by atoms with van der Waals surface area (Å²) in [6, 6.07) is 11.5. The van der Waals surface area contributed by atoms with E-state index in [1.807, 2.05) is 12.1 Å². The van der Waals surface area contributed by atoms with Gasteiger partial charge in [0.25, 0.3) is 0 Å². The Morgan fingerprint density at radius 2 is 1.88 bits per heavy atom. The lowest BCUT2D eigenvalue weighted by molar-refractivity contribution is -0.385. The second-order valence-electron chi connectivity index (χ2n) is 5.69. The standard InChI is InChI=1S/C18H16BrNO6/c19-14-5-2-12(3-6-14)10-17(21)26-16-7-4-13(11-15(16)20(22)23)18-24-8-1-9-25-18/h2-7,11,18H,1,8-10H2. The molecule has 26 heavy (non-hydrogen) atoms. The Bertz CT molecular complexity index is 802. The molecule has 8 heteroatoms. The molecule has 0 amide bonds. The van der Waals surface area contributed by atoms with Gasteiger partial charge in [-0.2, -0.15) is 0 Å². The second kappa shape index (κ2) is 8.39. The van der Waals surface area contributed by atoms with E-state index >= 15 is 0 Å². The lowest BCUT2D eigenvalue weighted by Gasteiger charge is -2.23. The molecular weight excluding hydrogens is 406 g/mol. The predicted octanol–water partition coefficient (Wildman–Crippen LogP) is 3.94. The highest BCUT2D eigenvalue weighted by molar-refractivity contribution is 9.10. The summed E-state index contributed by atoms with van der Waals surface area (Å²) in [6.07, 6.45) is 0.153. The van der Waals surface area contributed by atoms with Crippen molar-refractivity contribution in [1.29, 1.82) is 0 Å². The molecule has 0 saturated carbocycles. The van der Waals surface area contributed by atoms with Gasteiger partial charge in [-0.3, -0.25) is 14.9 Å². The zero-order valence-electron chi connectivity index (χ0n) is 13.7. The van der Waals surface area contributed by atoms with Gasteiger partial charge in [-0.05, 0) is 36.2 Å². The van der Waals surface area contributed by atoms with Gasteiger partial charge in [0, 0.05) is 16.1 Å². The summed E-state index contributed by atoms with van der Waals surface area (Å²) < 4.78 is 17.0. The van der Waals surface area contributed by atoms with Gasteiger partial charge in [0.1, 0.15) is 0 Å². The summed E-state index contributed by atoms with van der Waals surface area (Å²) in [5, 5.41) is 11.4. The van der Waals surface area contributed by atoms with Crippen molar-refractivity contribution < 1.29 is 23.9 Å². The molecule has 0 bridgehead atoms. The molecule has 2 aromatic carbocycles. The number of rotatable bonds is 5. The summed E-state index contributed by atoms with van der Waals surface area (Å²) in [4.78, 5) is 22.9. The molecule has 0 radical (unpaired) electrons. The monoisotopic (exact) mass is 421 g/mol. The van der Waals surface area contributed by atoms with Crippen molar-refractivity contribution in [2.75, 3.05) is 13.2 Å². The second-order valence-corrected chi connectivity index (χ2v) is 6.60. The van der Waals surface area contributed by atoms with Crippen LogP contribution in [0, 0.1) is 10.1 Å². The largest absolute Gasteiger partial charge is 0.419 e. The molecule has 0 spiro atoms. The molecule has 1 saturated heterocycles. The molecule has 0 atom stereocenters. The van der Waals surface area contributed by atoms with E-state index in [1.54, 1.807) is 18.2 Å². The maximum Gasteiger partial charge on any atom is 0.315 e. The van der Waals surface area contributed by atoms with Gasteiger partial charge in [0.05, 0.1) is 24.6 Å². The first-order chi connectivity index (χ1) is 12.5. The smallest absolute Gasteiger partial charge is 0.315 e. The molecule has 136 valence electrons. The van der Waals surface area contributed by atoms with Gasteiger partial charge in [-0.1, -0.05) is 28.1 Å². The van der Waals surface area contributed by atoms with Crippen LogP contribution in [0.2, 0.25) is 0 Å². The van der Waals surface area contributed by atoms with E-state index in [9.17, 15) is 14.9 Å². The van der Waals surface area contributed by atoms with Crippen LogP contribution in [0.5, 0.6) is 5.75 Å². The number of benzene rings is 2. The minimum atomic E-state index is -0.644. The Hall–Kier alpha value is -2.29. The Morgan fingerprint density at radius 1 is 1.19 bits per heavy atom. The molecule has 0 aliphatic carbocycles. The highest BCUT2D eigenvalue weighted by Gasteiger charge is 2.24. The highest BCUT2D eigenvalue weighted by atomic mass is 79.9. The Labute approximate surface area is 158 Å². The van der Waals surface area contributed by atoms with Crippen molar-refractivity contribution in [3.63, 3.8) is 0 Å². The molecule has 0 aromatic heterocycles. The molecule has 7 nitrogen and oxygen atoms in total. The molecule has 0 N–H and O–H groups in total. The molecule has 1 aliphatic heterocycles. The number of halogens is 1. The Balaban J connectivity index is 1.74. The van der Waals surface area contributed by atoms with Crippen LogP contribution in [0.15, 0.2) is 46.9 Å². The van der Waals surface area contributed by atoms with Crippen LogP contribution in [-0.4, -0.2) is 24.1 Å². The fraction of sp³-hybridized carbons (Fsp3) is 0.278. The van der Waals surface area contributed by atoms with E-state index in [2.05, 4.69) is 15.9 Å². The highest BCUT2D eigenvalue weighted by Crippen LogP contribution is 2.33. The topological polar surface area (TPSA) is 87.9 Å². The van der Waals surface area contributed by atoms with Gasteiger partial charge >= 0.3 is 11.7 Å². The average Bonchev–Trinajstić information content (AvgIpc) is 2.64. The first-order valence-electron chi connectivity index (χ1n) is 7.99. The van der Waals surface area contributed by atoms with Crippen molar-refractivity contribution in [1.82, 2.24) is 0 Å². The number of nitrogens with zero attached hydrogens (tertiary/aromatic N) is 1. The molecule has 0 unspecified atom stereocenters. The number of esters is 1. The van der Waals surface area contributed by atoms with Gasteiger partial charge in [0.15, 0.2) is 6.29 Å². The van der Waals surface area contributed by atoms with E-state index < -0.39 is 17.2 Å². The number of nitro groups is 1. The zero-order chi connectivity index (χ0) is 18.5. The minimum Gasteiger partial charge on any atom is -0.419 e. The molecular formula is C18H16BrNO6. The third-order valence-corrected chi connectivity index (χ3v) is 4.29. The first-order valence-corrected chi connectivity index (χ1v) is 8.79. The van der Waals surface area contributed by atoms with Crippen LogP contribution in [0.25, 0.3) is 0 Å². The fourth-order valence-corrected chi connectivity index (χ4v) is 2.78. The first kappa shape index (κ1) is 18.5. The third kappa shape index (κ3) is 4.66. The van der Waals surface area contributed by atoms with E-state index in [-0.39, 0.29) is 17.9 Å². The molecule has 2 aromatic rings. The quantitative estimate of drug-likeness (QED) is 0.314. The number of ether oxygens (including phenoxy) is 3. The molecule has 1 heterocycles. The predicted molar refractivity (Wildman–Crippen MR) is 95.8 cm³/mol. The van der Waals surface area contributed by atoms with Crippen LogP contribution in [-0.2, 0) is 20.7 Å². The minimum absolute atomic E-state index is 0.0149. The lowest BCUT2D eigenvalue weighted by Crippen LogP contribution is -2.18. The molecule has 3 rings (SSSR count). The van der Waals surface area contributed by atoms with E-state index in [4.69, 9.17) is 14.2 Å². The van der Waals surface area contributed by atoms with Crippen molar-refractivity contribution in [2.45, 2.75) is 19.1 Å². The Kier molecular flexibility index (Phi) is 5.97. The average molecular weight is 422 g/mol. The summed E-state index contributed by atoms with van der Waals surface area (Å²) in [6.45, 7) is 1.06. The maximum absolute atomic E-state index is 12.1. The normalized spacial score (nSPS) is 14.8. The van der Waals surface area contributed by atoms with Crippen molar-refractivity contribution in [3.05, 3.63) is 68.2 Å². The third-order valence-electron chi connectivity index (χ3n) is 3.76. The van der Waals surface area contributed by atoms with Crippen LogP contribution in [0.3, 0.4) is 0 Å². The lowest BCUT2D eigenvalue weighted by atomic mass is 10.1. The van der Waals surface area contributed by atoms with Crippen molar-refractivity contribution >= 4 is 27.6 Å². The number of nitro benzene ring substituents is 1. The number of carbonyl (C=O) groups excluding carboxylic acids is 1. The van der Waals surface area contributed by atoms with Gasteiger partial charge in [-0.15, -0.1) is 0 Å². The van der Waals surface area contributed by atoms with Crippen LogP contribution in [0.1, 0.15) is 23.8 Å². The van der Waals surface area contributed by atoms with E-state index in [0.29, 0.717) is 18.8 Å². The van der Waals surface area contributed by atoms with Gasteiger partial charge < -0.3 is 14.2 Å². The summed E-state index contributed by atoms with van der Waals surface area (Å²) in [5.41, 5.74) is 0.968. The van der Waals surface area contributed by atoms with Gasteiger partial charge in [-0.25, -0.2) is 0 Å². The summed E-state index contributed by atoms with van der Waals surface area (Å²) >= 11 is 3.32. The van der Waals surface area contributed by atoms with Crippen LogP contribution >= 0.6 is 15.9 Å². The summed E-state index contributed by atoms with van der Waals surface area (Å²) in [5.74, 6) is -0.676. The van der Waals surface area contributed by atoms with E-state index in [1.165, 1.54) is 12.1 Å². The fourth-order valence-electron chi connectivity index (χ4n) is 2.52. The Morgan fingerprint density at radius 3 is 2.54 bits per heavy atom. The summed E-state index contributed by atoms with van der Waals surface area (Å²) in [7, 11) is 0. The van der Waals surface area contributed by atoms with Crippen LogP contribution in [0.4, 0.5) is 5.69 Å².